The van der Waals surface area contributed by atoms with Crippen LogP contribution in [0.25, 0.3) is 5.69 Å². The molecule has 0 spiro atoms. The quantitative estimate of drug-likeness (QED) is 0.643. The molecule has 2 aromatic carbocycles. The van der Waals surface area contributed by atoms with Crippen molar-refractivity contribution < 1.29 is 4.79 Å². The number of amides is 2. The van der Waals surface area contributed by atoms with Gasteiger partial charge in [-0.2, -0.15) is 4.68 Å². The van der Waals surface area contributed by atoms with Crippen molar-refractivity contribution in [1.29, 1.82) is 0 Å². The second-order valence-electron chi connectivity index (χ2n) is 7.80. The molecule has 1 aromatic heterocycles. The first-order valence-electron chi connectivity index (χ1n) is 10.2. The maximum atomic E-state index is 13.2. The van der Waals surface area contributed by atoms with Gasteiger partial charge < -0.3 is 10.2 Å². The first-order valence-corrected chi connectivity index (χ1v) is 10.5. The lowest BCUT2D eigenvalue weighted by molar-refractivity contribution is 0.0936. The molecule has 1 heterocycles. The van der Waals surface area contributed by atoms with Crippen molar-refractivity contribution in [2.24, 2.45) is 0 Å². The maximum absolute atomic E-state index is 13.2. The van der Waals surface area contributed by atoms with Crippen LogP contribution in [-0.2, 0) is 5.54 Å². The zero-order chi connectivity index (χ0) is 21.1. The molecule has 8 heteroatoms. The van der Waals surface area contributed by atoms with E-state index in [1.54, 1.807) is 9.58 Å². The molecule has 0 aliphatic heterocycles. The molecule has 1 aliphatic carbocycles. The normalized spacial score (nSPS) is 15.6. The predicted octanol–water partition coefficient (Wildman–Crippen LogP) is 4.95. The van der Waals surface area contributed by atoms with Crippen LogP contribution in [0.1, 0.15) is 43.5 Å². The number of aromatic nitrogens is 4. The standard InChI is InChI=1S/C22H25ClN6O/c1-16-11-12-18(15-19(16)23)29-20(25-26-27-29)22(13-7-4-8-14-22)28(2)21(30)24-17-9-5-3-6-10-17/h3,5-6,9-12,15H,4,7-8,13-14H2,1-2H3,(H,24,30). The summed E-state index contributed by atoms with van der Waals surface area (Å²) in [4.78, 5) is 14.9. The van der Waals surface area contributed by atoms with Gasteiger partial charge in [0, 0.05) is 17.8 Å². The van der Waals surface area contributed by atoms with Gasteiger partial charge in [0.1, 0.15) is 5.54 Å². The van der Waals surface area contributed by atoms with E-state index in [4.69, 9.17) is 11.6 Å². The zero-order valence-corrected chi connectivity index (χ0v) is 17.9. The van der Waals surface area contributed by atoms with Crippen molar-refractivity contribution in [3.8, 4) is 5.69 Å². The van der Waals surface area contributed by atoms with Gasteiger partial charge in [-0.15, -0.1) is 5.10 Å². The van der Waals surface area contributed by atoms with E-state index in [0.29, 0.717) is 10.8 Å². The van der Waals surface area contributed by atoms with E-state index in [1.165, 1.54) is 0 Å². The fraction of sp³-hybridized carbons (Fsp3) is 0.364. The van der Waals surface area contributed by atoms with Crippen molar-refractivity contribution >= 4 is 23.3 Å². The van der Waals surface area contributed by atoms with Crippen LogP contribution in [0.5, 0.6) is 0 Å². The molecule has 7 nitrogen and oxygen atoms in total. The van der Waals surface area contributed by atoms with Crippen molar-refractivity contribution in [3.05, 3.63) is 64.9 Å². The number of carbonyl (C=O) groups is 1. The van der Waals surface area contributed by atoms with Gasteiger partial charge in [-0.1, -0.05) is 55.1 Å². The first-order chi connectivity index (χ1) is 14.5. The van der Waals surface area contributed by atoms with Crippen LogP contribution in [0.2, 0.25) is 5.02 Å². The average Bonchev–Trinajstić information content (AvgIpc) is 3.27. The second kappa shape index (κ2) is 8.44. The van der Waals surface area contributed by atoms with Gasteiger partial charge in [0.15, 0.2) is 5.82 Å². The van der Waals surface area contributed by atoms with Gasteiger partial charge >= 0.3 is 6.03 Å². The third-order valence-electron chi connectivity index (χ3n) is 5.94. The summed E-state index contributed by atoms with van der Waals surface area (Å²) in [7, 11) is 1.82. The molecule has 1 fully saturated rings. The van der Waals surface area contributed by atoms with E-state index < -0.39 is 5.54 Å². The summed E-state index contributed by atoms with van der Waals surface area (Å²) in [5.41, 5.74) is 1.93. The molecule has 30 heavy (non-hydrogen) atoms. The summed E-state index contributed by atoms with van der Waals surface area (Å²) in [5.74, 6) is 0.660. The highest BCUT2D eigenvalue weighted by Crippen LogP contribution is 2.41. The Morgan fingerprint density at radius 3 is 2.57 bits per heavy atom. The van der Waals surface area contributed by atoms with Crippen LogP contribution in [0.4, 0.5) is 10.5 Å². The molecule has 1 saturated carbocycles. The molecule has 2 amide bonds. The molecular weight excluding hydrogens is 400 g/mol. The molecule has 1 aliphatic rings. The fourth-order valence-corrected chi connectivity index (χ4v) is 4.31. The van der Waals surface area contributed by atoms with E-state index in [-0.39, 0.29) is 6.03 Å². The Hall–Kier alpha value is -2.93. The minimum atomic E-state index is -0.599. The van der Waals surface area contributed by atoms with Gasteiger partial charge in [-0.3, -0.25) is 0 Å². The van der Waals surface area contributed by atoms with E-state index in [0.717, 1.165) is 49.0 Å². The number of para-hydroxylation sites is 1. The van der Waals surface area contributed by atoms with Gasteiger partial charge in [0.25, 0.3) is 0 Å². The number of aryl methyl sites for hydroxylation is 1. The number of nitrogens with zero attached hydrogens (tertiary/aromatic N) is 5. The van der Waals surface area contributed by atoms with Crippen LogP contribution in [-0.4, -0.2) is 38.2 Å². The first kappa shape index (κ1) is 20.3. The van der Waals surface area contributed by atoms with Crippen LogP contribution in [0.15, 0.2) is 48.5 Å². The molecule has 0 radical (unpaired) electrons. The maximum Gasteiger partial charge on any atom is 0.322 e. The average molecular weight is 425 g/mol. The van der Waals surface area contributed by atoms with E-state index >= 15 is 0 Å². The Morgan fingerprint density at radius 2 is 1.87 bits per heavy atom. The number of carbonyl (C=O) groups excluding carboxylic acids is 1. The van der Waals surface area contributed by atoms with E-state index in [9.17, 15) is 4.79 Å². The molecule has 0 atom stereocenters. The summed E-state index contributed by atoms with van der Waals surface area (Å²) in [6, 6.07) is 15.0. The lowest BCUT2D eigenvalue weighted by Gasteiger charge is -2.43. The lowest BCUT2D eigenvalue weighted by Crippen LogP contribution is -2.51. The Morgan fingerprint density at radius 1 is 1.13 bits per heavy atom. The minimum absolute atomic E-state index is 0.181. The van der Waals surface area contributed by atoms with Crippen molar-refractivity contribution in [1.82, 2.24) is 25.1 Å². The highest BCUT2D eigenvalue weighted by Gasteiger charge is 2.45. The summed E-state index contributed by atoms with van der Waals surface area (Å²) < 4.78 is 1.71. The predicted molar refractivity (Wildman–Crippen MR) is 117 cm³/mol. The number of anilines is 1. The topological polar surface area (TPSA) is 75.9 Å². The molecule has 3 aromatic rings. The Labute approximate surface area is 181 Å². The fourth-order valence-electron chi connectivity index (χ4n) is 4.13. The SMILES string of the molecule is Cc1ccc(-n2nnnc2C2(N(C)C(=O)Nc3ccccc3)CCCCC2)cc1Cl. The number of halogens is 1. The summed E-state index contributed by atoms with van der Waals surface area (Å²) in [5, 5.41) is 16.2. The van der Waals surface area contributed by atoms with Crippen molar-refractivity contribution in [2.45, 2.75) is 44.6 Å². The van der Waals surface area contributed by atoms with Crippen molar-refractivity contribution in [3.63, 3.8) is 0 Å². The number of nitrogens with one attached hydrogen (secondary N) is 1. The Bertz CT molecular complexity index is 1030. The van der Waals surface area contributed by atoms with E-state index in [1.807, 2.05) is 62.5 Å². The number of tetrazole rings is 1. The van der Waals surface area contributed by atoms with Crippen LogP contribution >= 0.6 is 11.6 Å². The highest BCUT2D eigenvalue weighted by atomic mass is 35.5. The number of hydrogen-bond acceptors (Lipinski definition) is 4. The van der Waals surface area contributed by atoms with Gasteiger partial charge in [-0.05, 0) is 60.0 Å². The zero-order valence-electron chi connectivity index (χ0n) is 17.2. The molecule has 1 N–H and O–H groups in total. The van der Waals surface area contributed by atoms with Gasteiger partial charge in [-0.25, -0.2) is 4.79 Å². The molecule has 0 bridgehead atoms. The second-order valence-corrected chi connectivity index (χ2v) is 8.20. The molecular formula is C22H25ClN6O. The molecule has 0 unspecified atom stereocenters. The Kier molecular flexibility index (Phi) is 5.72. The van der Waals surface area contributed by atoms with Gasteiger partial charge in [0.05, 0.1) is 5.69 Å². The number of urea groups is 1. The van der Waals surface area contributed by atoms with Gasteiger partial charge in [0.2, 0.25) is 0 Å². The smallest absolute Gasteiger partial charge is 0.315 e. The summed E-state index contributed by atoms with van der Waals surface area (Å²) >= 11 is 6.35. The van der Waals surface area contributed by atoms with Crippen LogP contribution in [0, 0.1) is 6.92 Å². The van der Waals surface area contributed by atoms with Crippen LogP contribution < -0.4 is 5.32 Å². The molecule has 156 valence electrons. The number of rotatable bonds is 4. The van der Waals surface area contributed by atoms with Crippen LogP contribution in [0.3, 0.4) is 0 Å². The summed E-state index contributed by atoms with van der Waals surface area (Å²) in [6.07, 6.45) is 4.74. The largest absolute Gasteiger partial charge is 0.322 e. The highest BCUT2D eigenvalue weighted by molar-refractivity contribution is 6.31. The molecule has 0 saturated heterocycles. The number of hydrogen-bond donors (Lipinski definition) is 1. The Balaban J connectivity index is 1.72. The minimum Gasteiger partial charge on any atom is -0.315 e. The molecule has 4 rings (SSSR count). The number of benzene rings is 2. The third-order valence-corrected chi connectivity index (χ3v) is 6.35. The lowest BCUT2D eigenvalue weighted by atomic mass is 9.79. The van der Waals surface area contributed by atoms with E-state index in [2.05, 4.69) is 20.8 Å². The monoisotopic (exact) mass is 424 g/mol. The van der Waals surface area contributed by atoms with Crippen molar-refractivity contribution in [2.75, 3.05) is 12.4 Å². The third kappa shape index (κ3) is 3.77. The summed E-state index contributed by atoms with van der Waals surface area (Å²) in [6.45, 7) is 1.96.